The summed E-state index contributed by atoms with van der Waals surface area (Å²) in [6.07, 6.45) is 0.621. The number of hydrogen-bond acceptors (Lipinski definition) is 4. The molecule has 18 heavy (non-hydrogen) atoms. The molecule has 0 amide bonds. The molecule has 0 fully saturated rings. The lowest BCUT2D eigenvalue weighted by molar-refractivity contribution is 0.372. The topological polar surface area (TPSA) is 51.0 Å². The highest BCUT2D eigenvalue weighted by Gasteiger charge is 2.04. The van der Waals surface area contributed by atoms with Gasteiger partial charge in [0.2, 0.25) is 5.89 Å². The highest BCUT2D eigenvalue weighted by molar-refractivity contribution is 6.30. The van der Waals surface area contributed by atoms with Crippen molar-refractivity contribution in [2.45, 2.75) is 19.9 Å². The quantitative estimate of drug-likeness (QED) is 0.848. The molecule has 96 valence electrons. The van der Waals surface area contributed by atoms with E-state index >= 15 is 0 Å². The van der Waals surface area contributed by atoms with E-state index in [-0.39, 0.29) is 5.82 Å². The Bertz CT molecular complexity index is 530. The highest BCUT2D eigenvalue weighted by Crippen LogP contribution is 2.14. The molecule has 0 aliphatic heterocycles. The van der Waals surface area contributed by atoms with Gasteiger partial charge in [-0.1, -0.05) is 22.8 Å². The zero-order valence-electron chi connectivity index (χ0n) is 9.91. The summed E-state index contributed by atoms with van der Waals surface area (Å²) in [4.78, 5) is 4.08. The van der Waals surface area contributed by atoms with E-state index in [4.69, 9.17) is 16.1 Å². The second kappa shape index (κ2) is 5.93. The Kier molecular flexibility index (Phi) is 4.28. The maximum absolute atomic E-state index is 13.4. The van der Waals surface area contributed by atoms with Crippen molar-refractivity contribution in [2.24, 2.45) is 0 Å². The molecule has 0 saturated carbocycles. The predicted octanol–water partition coefficient (Wildman–Crippen LogP) is 2.50. The average Bonchev–Trinajstić information content (AvgIpc) is 2.73. The fourth-order valence-corrected chi connectivity index (χ4v) is 1.68. The lowest BCUT2D eigenvalue weighted by atomic mass is 10.2. The van der Waals surface area contributed by atoms with E-state index < -0.39 is 0 Å². The summed E-state index contributed by atoms with van der Waals surface area (Å²) in [7, 11) is 0. The standard InChI is InChI=1S/C12H13ClFN3O/c1-8-16-12(18-17-8)4-5-15-7-9-2-3-10(13)6-11(9)14/h2-3,6,15H,4-5,7H2,1H3. The molecule has 0 unspecified atom stereocenters. The van der Waals surface area contributed by atoms with E-state index in [9.17, 15) is 4.39 Å². The SMILES string of the molecule is Cc1noc(CCNCc2ccc(Cl)cc2F)n1. The molecule has 4 nitrogen and oxygen atoms in total. The first kappa shape index (κ1) is 13.0. The second-order valence-corrected chi connectivity index (χ2v) is 4.33. The number of benzene rings is 1. The van der Waals surface area contributed by atoms with Crippen molar-refractivity contribution in [3.63, 3.8) is 0 Å². The number of nitrogens with zero attached hydrogens (tertiary/aromatic N) is 2. The number of hydrogen-bond donors (Lipinski definition) is 1. The molecule has 0 bridgehead atoms. The lowest BCUT2D eigenvalue weighted by Crippen LogP contribution is -2.17. The maximum atomic E-state index is 13.4. The summed E-state index contributed by atoms with van der Waals surface area (Å²) in [6.45, 7) is 2.85. The van der Waals surface area contributed by atoms with Crippen LogP contribution in [0.5, 0.6) is 0 Å². The molecule has 0 spiro atoms. The van der Waals surface area contributed by atoms with Gasteiger partial charge in [-0.2, -0.15) is 4.98 Å². The minimum atomic E-state index is -0.302. The summed E-state index contributed by atoms with van der Waals surface area (Å²) in [6, 6.07) is 4.64. The third-order valence-corrected chi connectivity index (χ3v) is 2.65. The molecular weight excluding hydrogens is 257 g/mol. The Labute approximate surface area is 109 Å². The fourth-order valence-electron chi connectivity index (χ4n) is 1.53. The van der Waals surface area contributed by atoms with Crippen molar-refractivity contribution < 1.29 is 8.91 Å². The Morgan fingerprint density at radius 1 is 1.44 bits per heavy atom. The monoisotopic (exact) mass is 269 g/mol. The number of nitrogens with one attached hydrogen (secondary N) is 1. The summed E-state index contributed by atoms with van der Waals surface area (Å²) in [5.74, 6) is 0.897. The van der Waals surface area contributed by atoms with Crippen LogP contribution in [-0.4, -0.2) is 16.7 Å². The fraction of sp³-hybridized carbons (Fsp3) is 0.333. The Hall–Kier alpha value is -1.46. The van der Waals surface area contributed by atoms with E-state index in [0.717, 1.165) is 0 Å². The summed E-state index contributed by atoms with van der Waals surface area (Å²) in [5.41, 5.74) is 0.584. The summed E-state index contributed by atoms with van der Waals surface area (Å²) >= 11 is 5.67. The number of rotatable bonds is 5. The van der Waals surface area contributed by atoms with Crippen LogP contribution in [0.25, 0.3) is 0 Å². The molecule has 1 N–H and O–H groups in total. The van der Waals surface area contributed by atoms with E-state index in [0.29, 0.717) is 41.8 Å². The van der Waals surface area contributed by atoms with Gasteiger partial charge in [-0.15, -0.1) is 0 Å². The maximum Gasteiger partial charge on any atom is 0.227 e. The molecule has 0 atom stereocenters. The van der Waals surface area contributed by atoms with Gasteiger partial charge in [0.1, 0.15) is 5.82 Å². The molecular formula is C12H13ClFN3O. The van der Waals surface area contributed by atoms with Crippen LogP contribution in [0.2, 0.25) is 5.02 Å². The summed E-state index contributed by atoms with van der Waals surface area (Å²) in [5, 5.41) is 7.20. The third-order valence-electron chi connectivity index (χ3n) is 2.42. The van der Waals surface area contributed by atoms with Gasteiger partial charge in [0.05, 0.1) is 0 Å². The van der Waals surface area contributed by atoms with Crippen LogP contribution in [0.3, 0.4) is 0 Å². The van der Waals surface area contributed by atoms with Crippen LogP contribution in [0, 0.1) is 12.7 Å². The molecule has 0 aliphatic rings. The molecule has 2 rings (SSSR count). The Balaban J connectivity index is 1.78. The van der Waals surface area contributed by atoms with Gasteiger partial charge in [-0.3, -0.25) is 0 Å². The lowest BCUT2D eigenvalue weighted by Gasteiger charge is -2.04. The van der Waals surface area contributed by atoms with Crippen LogP contribution in [0.15, 0.2) is 22.7 Å². The van der Waals surface area contributed by atoms with Gasteiger partial charge in [0.15, 0.2) is 5.82 Å². The van der Waals surface area contributed by atoms with Crippen molar-refractivity contribution in [1.29, 1.82) is 0 Å². The number of aromatic nitrogens is 2. The zero-order valence-corrected chi connectivity index (χ0v) is 10.7. The predicted molar refractivity (Wildman–Crippen MR) is 65.9 cm³/mol. The van der Waals surface area contributed by atoms with Gasteiger partial charge in [0.25, 0.3) is 0 Å². The van der Waals surface area contributed by atoms with Gasteiger partial charge in [-0.05, 0) is 19.1 Å². The van der Waals surface area contributed by atoms with E-state index in [1.54, 1.807) is 19.1 Å². The van der Waals surface area contributed by atoms with E-state index in [1.165, 1.54) is 6.07 Å². The van der Waals surface area contributed by atoms with Crippen molar-refractivity contribution in [3.8, 4) is 0 Å². The van der Waals surface area contributed by atoms with Crippen LogP contribution in [0.4, 0.5) is 4.39 Å². The van der Waals surface area contributed by atoms with Crippen molar-refractivity contribution in [2.75, 3.05) is 6.54 Å². The van der Waals surface area contributed by atoms with Crippen molar-refractivity contribution in [3.05, 3.63) is 46.3 Å². The third kappa shape index (κ3) is 3.51. The van der Waals surface area contributed by atoms with Crippen LogP contribution >= 0.6 is 11.6 Å². The normalized spacial score (nSPS) is 10.8. The molecule has 1 aromatic heterocycles. The molecule has 2 aromatic rings. The second-order valence-electron chi connectivity index (χ2n) is 3.90. The van der Waals surface area contributed by atoms with Gasteiger partial charge < -0.3 is 9.84 Å². The molecule has 0 aliphatic carbocycles. The first-order chi connectivity index (χ1) is 8.65. The molecule has 0 saturated heterocycles. The molecule has 1 aromatic carbocycles. The van der Waals surface area contributed by atoms with Crippen molar-refractivity contribution in [1.82, 2.24) is 15.5 Å². The molecule has 6 heteroatoms. The van der Waals surface area contributed by atoms with E-state index in [1.807, 2.05) is 0 Å². The average molecular weight is 270 g/mol. The molecule has 1 heterocycles. The van der Waals surface area contributed by atoms with Crippen molar-refractivity contribution >= 4 is 11.6 Å². The van der Waals surface area contributed by atoms with Crippen LogP contribution in [-0.2, 0) is 13.0 Å². The van der Waals surface area contributed by atoms with E-state index in [2.05, 4.69) is 15.5 Å². The first-order valence-electron chi connectivity index (χ1n) is 5.59. The van der Waals surface area contributed by atoms with Crippen LogP contribution < -0.4 is 5.32 Å². The smallest absolute Gasteiger partial charge is 0.227 e. The van der Waals surface area contributed by atoms with Gasteiger partial charge in [-0.25, -0.2) is 4.39 Å². The molecule has 0 radical (unpaired) electrons. The largest absolute Gasteiger partial charge is 0.339 e. The highest BCUT2D eigenvalue weighted by atomic mass is 35.5. The number of halogens is 2. The Morgan fingerprint density at radius 2 is 2.28 bits per heavy atom. The van der Waals surface area contributed by atoms with Gasteiger partial charge >= 0.3 is 0 Å². The Morgan fingerprint density at radius 3 is 2.94 bits per heavy atom. The minimum Gasteiger partial charge on any atom is -0.339 e. The zero-order chi connectivity index (χ0) is 13.0. The summed E-state index contributed by atoms with van der Waals surface area (Å²) < 4.78 is 18.4. The minimum absolute atomic E-state index is 0.302. The van der Waals surface area contributed by atoms with Gasteiger partial charge in [0, 0.05) is 30.1 Å². The first-order valence-corrected chi connectivity index (χ1v) is 5.97. The number of aryl methyl sites for hydroxylation is 1. The van der Waals surface area contributed by atoms with Crippen LogP contribution in [0.1, 0.15) is 17.3 Å².